The third-order valence-electron chi connectivity index (χ3n) is 8.10. The number of anilines is 3. The van der Waals surface area contributed by atoms with Crippen LogP contribution in [0.25, 0.3) is 55.6 Å². The molecule has 0 bridgehead atoms. The van der Waals surface area contributed by atoms with Gasteiger partial charge in [0.1, 0.15) is 5.52 Å². The van der Waals surface area contributed by atoms with E-state index in [-0.39, 0.29) is 0 Å². The predicted octanol–water partition coefficient (Wildman–Crippen LogP) is 11.5. The molecule has 0 aliphatic carbocycles. The summed E-state index contributed by atoms with van der Waals surface area (Å²) in [5.41, 5.74) is 10.7. The summed E-state index contributed by atoms with van der Waals surface area (Å²) in [6.45, 7) is 0. The van der Waals surface area contributed by atoms with Gasteiger partial charge in [0.15, 0.2) is 5.58 Å². The van der Waals surface area contributed by atoms with Gasteiger partial charge in [0.05, 0.1) is 0 Å². The topological polar surface area (TPSA) is 29.3 Å². The Morgan fingerprint density at radius 3 is 1.55 bits per heavy atom. The van der Waals surface area contributed by atoms with Gasteiger partial charge in [0.2, 0.25) is 5.89 Å². The summed E-state index contributed by atoms with van der Waals surface area (Å²) in [5.74, 6) is 0.644. The van der Waals surface area contributed by atoms with Crippen LogP contribution in [0.4, 0.5) is 17.1 Å². The summed E-state index contributed by atoms with van der Waals surface area (Å²) in [6, 6.07) is 59.3. The Kier molecular flexibility index (Phi) is 6.47. The van der Waals surface area contributed by atoms with Crippen molar-refractivity contribution in [1.29, 1.82) is 0 Å². The summed E-state index contributed by atoms with van der Waals surface area (Å²) in [7, 11) is 0. The van der Waals surface area contributed by atoms with E-state index in [1.165, 1.54) is 11.1 Å². The van der Waals surface area contributed by atoms with E-state index in [9.17, 15) is 0 Å². The van der Waals surface area contributed by atoms with Crippen LogP contribution < -0.4 is 4.90 Å². The van der Waals surface area contributed by atoms with Gasteiger partial charge in [-0.15, -0.1) is 0 Å². The van der Waals surface area contributed by atoms with Crippen molar-refractivity contribution in [3.05, 3.63) is 170 Å². The lowest BCUT2D eigenvalue weighted by atomic mass is 10.00. The lowest BCUT2D eigenvalue weighted by Gasteiger charge is -2.26. The first kappa shape index (κ1) is 25.8. The molecule has 0 spiro atoms. The van der Waals surface area contributed by atoms with E-state index in [4.69, 9.17) is 9.40 Å². The van der Waals surface area contributed by atoms with Crippen LogP contribution in [-0.4, -0.2) is 4.98 Å². The summed E-state index contributed by atoms with van der Waals surface area (Å²) in [6.07, 6.45) is 0. The second kappa shape index (κ2) is 11.0. The van der Waals surface area contributed by atoms with Gasteiger partial charge in [-0.2, -0.15) is 0 Å². The van der Waals surface area contributed by atoms with Gasteiger partial charge in [0.25, 0.3) is 0 Å². The van der Waals surface area contributed by atoms with Gasteiger partial charge in [-0.3, -0.25) is 0 Å². The molecule has 0 amide bonds. The van der Waals surface area contributed by atoms with Crippen LogP contribution in [0.15, 0.2) is 174 Å². The molecule has 208 valence electrons. The molecule has 7 aromatic carbocycles. The van der Waals surface area contributed by atoms with E-state index < -0.39 is 0 Å². The summed E-state index contributed by atoms with van der Waals surface area (Å²) < 4.78 is 6.10. The Bertz CT molecular complexity index is 2190. The first-order valence-corrected chi connectivity index (χ1v) is 14.8. The minimum atomic E-state index is 0.644. The number of para-hydroxylation sites is 1. The Morgan fingerprint density at radius 1 is 0.409 bits per heavy atom. The number of hydrogen-bond acceptors (Lipinski definition) is 3. The molecule has 3 nitrogen and oxygen atoms in total. The molecule has 0 radical (unpaired) electrons. The molecule has 3 heteroatoms. The van der Waals surface area contributed by atoms with E-state index >= 15 is 0 Å². The van der Waals surface area contributed by atoms with Crippen molar-refractivity contribution in [3.63, 3.8) is 0 Å². The molecule has 0 N–H and O–H groups in total. The Labute approximate surface area is 256 Å². The van der Waals surface area contributed by atoms with Crippen LogP contribution in [0.3, 0.4) is 0 Å². The van der Waals surface area contributed by atoms with E-state index in [0.29, 0.717) is 5.89 Å². The average molecular weight is 565 g/mol. The van der Waals surface area contributed by atoms with Crippen LogP contribution in [0.1, 0.15) is 0 Å². The molecule has 0 atom stereocenters. The maximum atomic E-state index is 6.10. The van der Waals surface area contributed by atoms with Crippen molar-refractivity contribution in [2.24, 2.45) is 0 Å². The molecule has 0 saturated heterocycles. The van der Waals surface area contributed by atoms with Crippen LogP contribution in [0, 0.1) is 0 Å². The second-order valence-corrected chi connectivity index (χ2v) is 10.9. The zero-order valence-corrected chi connectivity index (χ0v) is 24.0. The third-order valence-corrected chi connectivity index (χ3v) is 8.10. The number of benzene rings is 7. The molecule has 0 fully saturated rings. The first-order valence-electron chi connectivity index (χ1n) is 14.8. The molecule has 0 aliphatic heterocycles. The monoisotopic (exact) mass is 564 g/mol. The smallest absolute Gasteiger partial charge is 0.227 e. The van der Waals surface area contributed by atoms with E-state index in [2.05, 4.69) is 132 Å². The normalized spacial score (nSPS) is 11.2. The summed E-state index contributed by atoms with van der Waals surface area (Å²) in [4.78, 5) is 7.15. The zero-order valence-electron chi connectivity index (χ0n) is 24.0. The molecule has 0 aliphatic rings. The highest BCUT2D eigenvalue weighted by atomic mass is 16.3. The minimum Gasteiger partial charge on any atom is -0.436 e. The SMILES string of the molecule is c1ccc(-c2ccc(N(c3ccccc3)c3ccc(-c4ccc5c(ccc6oc(-c7ccccc7)nc65)c4)cc3)cc2)cc1. The lowest BCUT2D eigenvalue weighted by molar-refractivity contribution is 0.620. The van der Waals surface area contributed by atoms with Crippen molar-refractivity contribution in [3.8, 4) is 33.7 Å². The molecular formula is C41H28N2O. The molecular weight excluding hydrogens is 536 g/mol. The van der Waals surface area contributed by atoms with Crippen LogP contribution >= 0.6 is 0 Å². The molecule has 1 heterocycles. The predicted molar refractivity (Wildman–Crippen MR) is 183 cm³/mol. The average Bonchev–Trinajstić information content (AvgIpc) is 3.55. The van der Waals surface area contributed by atoms with Crippen molar-refractivity contribution in [1.82, 2.24) is 4.98 Å². The Morgan fingerprint density at radius 2 is 0.909 bits per heavy atom. The highest BCUT2D eigenvalue weighted by molar-refractivity contribution is 6.05. The molecule has 0 unspecified atom stereocenters. The molecule has 1 aromatic heterocycles. The van der Waals surface area contributed by atoms with Crippen molar-refractivity contribution >= 4 is 38.9 Å². The first-order chi connectivity index (χ1) is 21.8. The van der Waals surface area contributed by atoms with Crippen molar-refractivity contribution < 1.29 is 4.42 Å². The molecule has 0 saturated carbocycles. The van der Waals surface area contributed by atoms with Crippen LogP contribution in [0.2, 0.25) is 0 Å². The van der Waals surface area contributed by atoms with Crippen LogP contribution in [-0.2, 0) is 0 Å². The number of fused-ring (bicyclic) bond motifs is 3. The third kappa shape index (κ3) is 4.81. The highest BCUT2D eigenvalue weighted by Crippen LogP contribution is 2.37. The van der Waals surface area contributed by atoms with E-state index in [1.54, 1.807) is 0 Å². The molecule has 44 heavy (non-hydrogen) atoms. The van der Waals surface area contributed by atoms with Gasteiger partial charge in [0, 0.05) is 28.0 Å². The molecule has 8 aromatic rings. The lowest BCUT2D eigenvalue weighted by Crippen LogP contribution is -2.09. The standard InChI is InChI=1S/C41H28N2O/c1-4-10-29(11-5-1)30-16-22-36(23-17-30)43(35-14-8-3-9-15-35)37-24-18-31(19-25-37)33-20-26-38-34(28-33)21-27-39-40(38)42-41(44-39)32-12-6-2-7-13-32/h1-28H. The van der Waals surface area contributed by atoms with Crippen molar-refractivity contribution in [2.75, 3.05) is 4.90 Å². The number of rotatable bonds is 6. The largest absolute Gasteiger partial charge is 0.436 e. The molecule has 8 rings (SSSR count). The van der Waals surface area contributed by atoms with Gasteiger partial charge < -0.3 is 9.32 Å². The Hall–Kier alpha value is -5.93. The fourth-order valence-electron chi connectivity index (χ4n) is 5.86. The fourth-order valence-corrected chi connectivity index (χ4v) is 5.86. The minimum absolute atomic E-state index is 0.644. The van der Waals surface area contributed by atoms with Gasteiger partial charge >= 0.3 is 0 Å². The van der Waals surface area contributed by atoms with Gasteiger partial charge in [-0.1, -0.05) is 109 Å². The Balaban J connectivity index is 1.13. The number of hydrogen-bond donors (Lipinski definition) is 0. The maximum Gasteiger partial charge on any atom is 0.227 e. The number of aromatic nitrogens is 1. The second-order valence-electron chi connectivity index (χ2n) is 10.9. The van der Waals surface area contributed by atoms with Gasteiger partial charge in [-0.25, -0.2) is 4.98 Å². The quantitative estimate of drug-likeness (QED) is 0.201. The van der Waals surface area contributed by atoms with Crippen molar-refractivity contribution in [2.45, 2.75) is 0 Å². The van der Waals surface area contributed by atoms with E-state index in [1.807, 2.05) is 42.5 Å². The fraction of sp³-hybridized carbons (Fsp3) is 0. The highest BCUT2D eigenvalue weighted by Gasteiger charge is 2.14. The van der Waals surface area contributed by atoms with E-state index in [0.717, 1.165) is 55.6 Å². The maximum absolute atomic E-state index is 6.10. The zero-order chi connectivity index (χ0) is 29.3. The number of oxazole rings is 1. The summed E-state index contributed by atoms with van der Waals surface area (Å²) in [5, 5.41) is 2.22. The van der Waals surface area contributed by atoms with Crippen LogP contribution in [0.5, 0.6) is 0 Å². The summed E-state index contributed by atoms with van der Waals surface area (Å²) >= 11 is 0. The van der Waals surface area contributed by atoms with Gasteiger partial charge in [-0.05, 0) is 88.3 Å². The number of nitrogens with zero attached hydrogens (tertiary/aromatic N) is 2.